The standard InChI is InChI=1S/C16H16N2O3/c1-9-3-5-12-11(7-9)16(20)18-15(17-12)10-4-6-13(19)14(8-10)21-2/h3-8,15,17,19H,1-2H3,(H,18,20). The summed E-state index contributed by atoms with van der Waals surface area (Å²) in [6, 6.07) is 10.7. The molecular weight excluding hydrogens is 268 g/mol. The predicted molar refractivity (Wildman–Crippen MR) is 79.7 cm³/mol. The second kappa shape index (κ2) is 5.01. The Morgan fingerprint density at radius 1 is 1.14 bits per heavy atom. The zero-order chi connectivity index (χ0) is 15.0. The van der Waals surface area contributed by atoms with Crippen molar-refractivity contribution in [2.24, 2.45) is 0 Å². The molecule has 0 aromatic heterocycles. The number of benzene rings is 2. The van der Waals surface area contributed by atoms with Crippen LogP contribution in [0.15, 0.2) is 36.4 Å². The maximum Gasteiger partial charge on any atom is 0.255 e. The van der Waals surface area contributed by atoms with Crippen molar-refractivity contribution in [3.63, 3.8) is 0 Å². The van der Waals surface area contributed by atoms with Crippen molar-refractivity contribution in [2.45, 2.75) is 13.1 Å². The molecule has 5 nitrogen and oxygen atoms in total. The minimum atomic E-state index is -0.359. The number of carbonyl (C=O) groups excluding carboxylic acids is 1. The van der Waals surface area contributed by atoms with Gasteiger partial charge in [0, 0.05) is 5.69 Å². The van der Waals surface area contributed by atoms with Crippen LogP contribution in [0.1, 0.15) is 27.7 Å². The van der Waals surface area contributed by atoms with Crippen molar-refractivity contribution in [1.29, 1.82) is 0 Å². The highest BCUT2D eigenvalue weighted by Gasteiger charge is 2.25. The lowest BCUT2D eigenvalue weighted by molar-refractivity contribution is 0.0935. The molecule has 0 fully saturated rings. The summed E-state index contributed by atoms with van der Waals surface area (Å²) in [5.74, 6) is 0.321. The van der Waals surface area contributed by atoms with Crippen molar-refractivity contribution < 1.29 is 14.6 Å². The molecule has 3 rings (SSSR count). The minimum Gasteiger partial charge on any atom is -0.504 e. The normalized spacial score (nSPS) is 16.7. The number of fused-ring (bicyclic) bond motifs is 1. The molecule has 1 unspecified atom stereocenters. The summed E-state index contributed by atoms with van der Waals surface area (Å²) in [7, 11) is 1.49. The van der Waals surface area contributed by atoms with Gasteiger partial charge in [-0.25, -0.2) is 0 Å². The minimum absolute atomic E-state index is 0.0689. The van der Waals surface area contributed by atoms with Gasteiger partial charge in [-0.3, -0.25) is 4.79 Å². The fourth-order valence-electron chi connectivity index (χ4n) is 2.41. The van der Waals surface area contributed by atoms with E-state index in [0.717, 1.165) is 16.8 Å². The number of rotatable bonds is 2. The first-order valence-corrected chi connectivity index (χ1v) is 6.63. The quantitative estimate of drug-likeness (QED) is 0.792. The van der Waals surface area contributed by atoms with E-state index < -0.39 is 0 Å². The maximum atomic E-state index is 12.2. The highest BCUT2D eigenvalue weighted by molar-refractivity contribution is 6.01. The Bertz CT molecular complexity index is 713. The predicted octanol–water partition coefficient (Wildman–Crippen LogP) is 2.56. The van der Waals surface area contributed by atoms with Crippen LogP contribution in [0.25, 0.3) is 0 Å². The molecule has 1 atom stereocenters. The SMILES string of the molecule is COc1cc(C2NC(=O)c3cc(C)ccc3N2)ccc1O. The number of phenolic OH excluding ortho intramolecular Hbond substituents is 1. The third kappa shape index (κ3) is 2.38. The Labute approximate surface area is 122 Å². The van der Waals surface area contributed by atoms with E-state index in [2.05, 4.69) is 10.6 Å². The maximum absolute atomic E-state index is 12.2. The Hall–Kier alpha value is -2.69. The molecule has 0 radical (unpaired) electrons. The largest absolute Gasteiger partial charge is 0.504 e. The van der Waals surface area contributed by atoms with Gasteiger partial charge in [0.1, 0.15) is 6.17 Å². The summed E-state index contributed by atoms with van der Waals surface area (Å²) in [6.45, 7) is 1.95. The molecule has 0 bridgehead atoms. The van der Waals surface area contributed by atoms with Gasteiger partial charge in [-0.05, 0) is 36.8 Å². The Morgan fingerprint density at radius 2 is 1.95 bits per heavy atom. The van der Waals surface area contributed by atoms with Gasteiger partial charge in [0.25, 0.3) is 5.91 Å². The second-order valence-electron chi connectivity index (χ2n) is 5.03. The van der Waals surface area contributed by atoms with Gasteiger partial charge in [-0.1, -0.05) is 17.7 Å². The molecule has 0 spiro atoms. The Morgan fingerprint density at radius 3 is 2.71 bits per heavy atom. The average molecular weight is 284 g/mol. The van der Waals surface area contributed by atoms with Gasteiger partial charge in [0.2, 0.25) is 0 Å². The third-order valence-corrected chi connectivity index (χ3v) is 3.53. The lowest BCUT2D eigenvalue weighted by atomic mass is 10.0. The molecule has 1 amide bonds. The van der Waals surface area contributed by atoms with Crippen molar-refractivity contribution in [1.82, 2.24) is 5.32 Å². The van der Waals surface area contributed by atoms with E-state index in [1.165, 1.54) is 7.11 Å². The number of nitrogens with one attached hydrogen (secondary N) is 2. The summed E-state index contributed by atoms with van der Waals surface area (Å²) < 4.78 is 5.10. The fraction of sp³-hybridized carbons (Fsp3) is 0.188. The van der Waals surface area contributed by atoms with Crippen LogP contribution in [-0.4, -0.2) is 18.1 Å². The highest BCUT2D eigenvalue weighted by Crippen LogP contribution is 2.32. The molecule has 2 aromatic carbocycles. The van der Waals surface area contributed by atoms with E-state index in [4.69, 9.17) is 4.74 Å². The number of carbonyl (C=O) groups is 1. The van der Waals surface area contributed by atoms with Crippen molar-refractivity contribution in [2.75, 3.05) is 12.4 Å². The van der Waals surface area contributed by atoms with Gasteiger partial charge in [-0.15, -0.1) is 0 Å². The van der Waals surface area contributed by atoms with E-state index in [0.29, 0.717) is 11.3 Å². The molecule has 0 saturated heterocycles. The summed E-state index contributed by atoms with van der Waals surface area (Å²) in [5.41, 5.74) is 3.28. The fourth-order valence-corrected chi connectivity index (χ4v) is 2.41. The Balaban J connectivity index is 1.96. The number of hydrogen-bond acceptors (Lipinski definition) is 4. The third-order valence-electron chi connectivity index (χ3n) is 3.53. The number of hydrogen-bond donors (Lipinski definition) is 3. The van der Waals surface area contributed by atoms with Gasteiger partial charge < -0.3 is 20.5 Å². The highest BCUT2D eigenvalue weighted by atomic mass is 16.5. The molecule has 2 aromatic rings. The van der Waals surface area contributed by atoms with E-state index >= 15 is 0 Å². The smallest absolute Gasteiger partial charge is 0.255 e. The molecular formula is C16H16N2O3. The number of anilines is 1. The van der Waals surface area contributed by atoms with Crippen LogP contribution in [0.5, 0.6) is 11.5 Å². The molecule has 1 heterocycles. The van der Waals surface area contributed by atoms with Crippen LogP contribution in [0.2, 0.25) is 0 Å². The van der Waals surface area contributed by atoms with Crippen LogP contribution in [0.4, 0.5) is 5.69 Å². The first-order valence-electron chi connectivity index (χ1n) is 6.63. The van der Waals surface area contributed by atoms with Crippen molar-refractivity contribution in [3.05, 3.63) is 53.1 Å². The van der Waals surface area contributed by atoms with Crippen LogP contribution >= 0.6 is 0 Å². The number of aryl methyl sites for hydroxylation is 1. The molecule has 1 aliphatic heterocycles. The van der Waals surface area contributed by atoms with Gasteiger partial charge in [0.05, 0.1) is 12.7 Å². The lowest BCUT2D eigenvalue weighted by Gasteiger charge is -2.28. The molecule has 0 saturated carbocycles. The summed E-state index contributed by atoms with van der Waals surface area (Å²) in [5, 5.41) is 15.8. The first-order chi connectivity index (χ1) is 10.1. The topological polar surface area (TPSA) is 70.6 Å². The number of ether oxygens (including phenoxy) is 1. The molecule has 5 heteroatoms. The molecule has 1 aliphatic rings. The second-order valence-corrected chi connectivity index (χ2v) is 5.03. The zero-order valence-corrected chi connectivity index (χ0v) is 11.8. The number of aromatic hydroxyl groups is 1. The number of amides is 1. The first kappa shape index (κ1) is 13.3. The van der Waals surface area contributed by atoms with Crippen LogP contribution in [-0.2, 0) is 0 Å². The summed E-state index contributed by atoms with van der Waals surface area (Å²) in [6.07, 6.45) is -0.359. The zero-order valence-electron chi connectivity index (χ0n) is 11.8. The number of phenols is 1. The van der Waals surface area contributed by atoms with E-state index in [1.54, 1.807) is 18.2 Å². The van der Waals surface area contributed by atoms with Crippen molar-refractivity contribution >= 4 is 11.6 Å². The van der Waals surface area contributed by atoms with E-state index in [1.807, 2.05) is 25.1 Å². The molecule has 108 valence electrons. The molecule has 3 N–H and O–H groups in total. The van der Waals surface area contributed by atoms with Gasteiger partial charge in [-0.2, -0.15) is 0 Å². The molecule has 0 aliphatic carbocycles. The van der Waals surface area contributed by atoms with Gasteiger partial charge >= 0.3 is 0 Å². The van der Waals surface area contributed by atoms with Gasteiger partial charge in [0.15, 0.2) is 11.5 Å². The van der Waals surface area contributed by atoms with Crippen LogP contribution in [0.3, 0.4) is 0 Å². The lowest BCUT2D eigenvalue weighted by Crippen LogP contribution is -2.38. The van der Waals surface area contributed by atoms with Crippen LogP contribution in [0, 0.1) is 6.92 Å². The number of methoxy groups -OCH3 is 1. The van der Waals surface area contributed by atoms with E-state index in [-0.39, 0.29) is 17.8 Å². The monoisotopic (exact) mass is 284 g/mol. The van der Waals surface area contributed by atoms with Crippen LogP contribution < -0.4 is 15.4 Å². The average Bonchev–Trinajstić information content (AvgIpc) is 2.48. The Kier molecular flexibility index (Phi) is 3.17. The summed E-state index contributed by atoms with van der Waals surface area (Å²) >= 11 is 0. The molecule has 21 heavy (non-hydrogen) atoms. The van der Waals surface area contributed by atoms with Crippen molar-refractivity contribution in [3.8, 4) is 11.5 Å². The van der Waals surface area contributed by atoms with E-state index in [9.17, 15) is 9.90 Å². The summed E-state index contributed by atoms with van der Waals surface area (Å²) in [4.78, 5) is 12.2.